The zero-order chi connectivity index (χ0) is 31.0. The van der Waals surface area contributed by atoms with Crippen molar-refractivity contribution in [1.29, 1.82) is 0 Å². The first kappa shape index (κ1) is 29.4. The van der Waals surface area contributed by atoms with E-state index in [0.29, 0.717) is 17.3 Å². The highest BCUT2D eigenvalue weighted by atomic mass is 32.1. The molecule has 0 aliphatic carbocycles. The average Bonchev–Trinajstić information content (AvgIpc) is 3.50. The van der Waals surface area contributed by atoms with Gasteiger partial charge in [0, 0.05) is 47.3 Å². The van der Waals surface area contributed by atoms with Gasteiger partial charge in [-0.3, -0.25) is 9.78 Å². The van der Waals surface area contributed by atoms with Crippen molar-refractivity contribution in [2.75, 3.05) is 11.9 Å². The van der Waals surface area contributed by atoms with Crippen LogP contribution in [0.5, 0.6) is 0 Å². The predicted octanol–water partition coefficient (Wildman–Crippen LogP) is 7.66. The van der Waals surface area contributed by atoms with E-state index in [0.717, 1.165) is 51.2 Å². The van der Waals surface area contributed by atoms with Gasteiger partial charge in [0.1, 0.15) is 0 Å². The van der Waals surface area contributed by atoms with Crippen LogP contribution in [0.2, 0.25) is 0 Å². The Hall–Kier alpha value is -4.70. The summed E-state index contributed by atoms with van der Waals surface area (Å²) >= 11 is 5.80. The maximum atomic E-state index is 13.6. The van der Waals surface area contributed by atoms with Gasteiger partial charge in [0.2, 0.25) is 5.91 Å². The van der Waals surface area contributed by atoms with E-state index in [2.05, 4.69) is 15.6 Å². The summed E-state index contributed by atoms with van der Waals surface area (Å²) in [4.78, 5) is 19.8. The number of halogens is 3. The smallest absolute Gasteiger partial charge is 0.352 e. The van der Waals surface area contributed by atoms with Crippen LogP contribution in [0.3, 0.4) is 0 Å². The van der Waals surface area contributed by atoms with Crippen LogP contribution < -0.4 is 10.6 Å². The number of aryl methyl sites for hydroxylation is 1. The number of rotatable bonds is 7. The summed E-state index contributed by atoms with van der Waals surface area (Å²) in [6.07, 6.45) is -2.57. The summed E-state index contributed by atoms with van der Waals surface area (Å²) in [7, 11) is 0. The molecule has 6 rings (SSSR count). The molecule has 224 valence electrons. The van der Waals surface area contributed by atoms with Gasteiger partial charge in [-0.15, -0.1) is 0 Å². The van der Waals surface area contributed by atoms with Crippen LogP contribution in [0, 0.1) is 13.8 Å². The summed E-state index contributed by atoms with van der Waals surface area (Å²) in [5.74, 6) is -0.154. The Morgan fingerprint density at radius 1 is 0.977 bits per heavy atom. The second-order valence-corrected chi connectivity index (χ2v) is 11.2. The highest BCUT2D eigenvalue weighted by Gasteiger charge is 2.41. The fraction of sp³-hybridized carbons (Fsp3) is 0.206. The third-order valence-corrected chi connectivity index (χ3v) is 8.41. The first-order valence-corrected chi connectivity index (χ1v) is 14.6. The normalized spacial score (nSPS) is 16.8. The number of alkyl halides is 3. The van der Waals surface area contributed by atoms with Crippen molar-refractivity contribution in [2.24, 2.45) is 0 Å². The molecule has 6 nitrogen and oxygen atoms in total. The van der Waals surface area contributed by atoms with Gasteiger partial charge < -0.3 is 20.1 Å². The minimum Gasteiger partial charge on any atom is -0.352 e. The number of nitrogens with one attached hydrogen (secondary N) is 2. The topological polar surface area (TPSA) is 62.2 Å². The molecule has 44 heavy (non-hydrogen) atoms. The molecule has 3 heterocycles. The van der Waals surface area contributed by atoms with Gasteiger partial charge in [-0.1, -0.05) is 48.5 Å². The molecule has 0 saturated carbocycles. The SMILES string of the molecule is Cc1cc([C@@H]2[C@H](c3ccccn3)NC(=S)N2CCC(=O)Nc2cccc3ccccc23)c(C)n1-c1cccc(C(F)(F)F)c1. The highest BCUT2D eigenvalue weighted by Crippen LogP contribution is 2.42. The lowest BCUT2D eigenvalue weighted by atomic mass is 9.96. The van der Waals surface area contributed by atoms with E-state index in [9.17, 15) is 18.0 Å². The molecular formula is C34H30F3N5OS. The van der Waals surface area contributed by atoms with Gasteiger partial charge in [-0.2, -0.15) is 13.2 Å². The number of thiocarbonyl (C=S) groups is 1. The zero-order valence-corrected chi connectivity index (χ0v) is 24.9. The van der Waals surface area contributed by atoms with Crippen LogP contribution in [0.1, 0.15) is 46.7 Å². The molecule has 2 N–H and O–H groups in total. The molecule has 2 aromatic heterocycles. The van der Waals surface area contributed by atoms with Crippen LogP contribution in [0.15, 0.2) is 97.2 Å². The molecule has 0 spiro atoms. The number of hydrogen-bond donors (Lipinski definition) is 2. The maximum Gasteiger partial charge on any atom is 0.416 e. The Morgan fingerprint density at radius 2 is 1.73 bits per heavy atom. The molecule has 0 radical (unpaired) electrons. The van der Waals surface area contributed by atoms with Gasteiger partial charge in [0.15, 0.2) is 5.11 Å². The Balaban J connectivity index is 1.32. The number of benzene rings is 3. The number of anilines is 1. The molecule has 5 aromatic rings. The number of fused-ring (bicyclic) bond motifs is 1. The third kappa shape index (κ3) is 5.65. The van der Waals surface area contributed by atoms with Crippen molar-refractivity contribution in [3.05, 3.63) is 125 Å². The van der Waals surface area contributed by atoms with Crippen molar-refractivity contribution in [3.63, 3.8) is 0 Å². The Morgan fingerprint density at radius 3 is 2.50 bits per heavy atom. The number of carbonyl (C=O) groups excluding carboxylic acids is 1. The number of aromatic nitrogens is 2. The molecule has 0 unspecified atom stereocenters. The molecular weight excluding hydrogens is 583 g/mol. The molecule has 1 fully saturated rings. The molecule has 1 aliphatic heterocycles. The zero-order valence-electron chi connectivity index (χ0n) is 24.1. The Kier molecular flexibility index (Phi) is 7.85. The quantitative estimate of drug-likeness (QED) is 0.185. The second kappa shape index (κ2) is 11.8. The van der Waals surface area contributed by atoms with Crippen molar-refractivity contribution >= 4 is 39.7 Å². The molecule has 1 aliphatic rings. The van der Waals surface area contributed by atoms with E-state index < -0.39 is 11.7 Å². The number of amides is 1. The van der Waals surface area contributed by atoms with E-state index >= 15 is 0 Å². The molecule has 3 aromatic carbocycles. The highest BCUT2D eigenvalue weighted by molar-refractivity contribution is 7.80. The molecule has 2 atom stereocenters. The van der Waals surface area contributed by atoms with Crippen LogP contribution in [0.4, 0.5) is 18.9 Å². The number of carbonyl (C=O) groups is 1. The molecule has 10 heteroatoms. The molecule has 0 bridgehead atoms. The molecule has 1 saturated heterocycles. The monoisotopic (exact) mass is 613 g/mol. The average molecular weight is 614 g/mol. The second-order valence-electron chi connectivity index (χ2n) is 10.9. The van der Waals surface area contributed by atoms with Crippen LogP contribution in [-0.2, 0) is 11.0 Å². The summed E-state index contributed by atoms with van der Waals surface area (Å²) in [5.41, 5.74) is 3.67. The van der Waals surface area contributed by atoms with Gasteiger partial charge in [-0.05, 0) is 79.5 Å². The molecule has 1 amide bonds. The van der Waals surface area contributed by atoms with Gasteiger partial charge in [0.25, 0.3) is 0 Å². The third-order valence-electron chi connectivity index (χ3n) is 8.06. The standard InChI is InChI=1S/C34H30F3N5OS/c1-21-19-27(22(2)42(21)25-12-8-11-24(20-25)34(35,36)37)32-31(29-14-5-6-17-38-29)40-33(44)41(32)18-16-30(43)39-28-15-7-10-23-9-3-4-13-26(23)28/h3-15,17,19-20,31-32H,16,18H2,1-2H3,(H,39,43)(H,40,44)/t31-,32+/m0/s1. The fourth-order valence-electron chi connectivity index (χ4n) is 6.06. The van der Waals surface area contributed by atoms with Crippen molar-refractivity contribution < 1.29 is 18.0 Å². The number of hydrogen-bond acceptors (Lipinski definition) is 3. The Bertz CT molecular complexity index is 1850. The van der Waals surface area contributed by atoms with Gasteiger partial charge >= 0.3 is 6.18 Å². The fourth-order valence-corrected chi connectivity index (χ4v) is 6.39. The lowest BCUT2D eigenvalue weighted by molar-refractivity contribution is -0.137. The van der Waals surface area contributed by atoms with E-state index in [-0.39, 0.29) is 24.4 Å². The van der Waals surface area contributed by atoms with Crippen molar-refractivity contribution in [1.82, 2.24) is 19.8 Å². The maximum absolute atomic E-state index is 13.6. The lowest BCUT2D eigenvalue weighted by Crippen LogP contribution is -2.33. The summed E-state index contributed by atoms with van der Waals surface area (Å²) in [6.45, 7) is 4.09. The largest absolute Gasteiger partial charge is 0.416 e. The van der Waals surface area contributed by atoms with Crippen molar-refractivity contribution in [2.45, 2.75) is 38.5 Å². The lowest BCUT2D eigenvalue weighted by Gasteiger charge is -2.28. The van der Waals surface area contributed by atoms with E-state index in [1.54, 1.807) is 12.3 Å². The number of pyridine rings is 1. The minimum atomic E-state index is -4.46. The van der Waals surface area contributed by atoms with E-state index in [4.69, 9.17) is 12.2 Å². The Labute approximate surface area is 258 Å². The first-order chi connectivity index (χ1) is 21.1. The van der Waals surface area contributed by atoms with Crippen LogP contribution in [-0.4, -0.2) is 32.0 Å². The first-order valence-electron chi connectivity index (χ1n) is 14.2. The van der Waals surface area contributed by atoms with Crippen molar-refractivity contribution in [3.8, 4) is 5.69 Å². The van der Waals surface area contributed by atoms with Crippen LogP contribution in [0.25, 0.3) is 16.5 Å². The van der Waals surface area contributed by atoms with E-state index in [1.165, 1.54) is 6.07 Å². The predicted molar refractivity (Wildman–Crippen MR) is 170 cm³/mol. The minimum absolute atomic E-state index is 0.154. The summed E-state index contributed by atoms with van der Waals surface area (Å²) < 4.78 is 42.5. The summed E-state index contributed by atoms with van der Waals surface area (Å²) in [5, 5.41) is 8.91. The van der Waals surface area contributed by atoms with Gasteiger partial charge in [0.05, 0.1) is 23.3 Å². The van der Waals surface area contributed by atoms with Crippen LogP contribution >= 0.6 is 12.2 Å². The van der Waals surface area contributed by atoms with E-state index in [1.807, 2.05) is 90.0 Å². The summed E-state index contributed by atoms with van der Waals surface area (Å²) in [6, 6.07) is 25.9. The van der Waals surface area contributed by atoms with Gasteiger partial charge in [-0.25, -0.2) is 0 Å². The number of nitrogens with zero attached hydrogens (tertiary/aromatic N) is 3.